The van der Waals surface area contributed by atoms with Gasteiger partial charge < -0.3 is 5.11 Å². The normalized spacial score (nSPS) is 20.4. The number of carboxylic acids is 1. The first-order chi connectivity index (χ1) is 9.19. The van der Waals surface area contributed by atoms with Gasteiger partial charge in [0.15, 0.2) is 0 Å². The van der Waals surface area contributed by atoms with Gasteiger partial charge in [0.05, 0.1) is 6.42 Å². The van der Waals surface area contributed by atoms with Crippen LogP contribution < -0.4 is 0 Å². The number of likely N-dealkylation sites (tertiary alicyclic amines) is 1. The Bertz CT molecular complexity index is 431. The molecular formula is C16H23NO2. The highest BCUT2D eigenvalue weighted by Gasteiger charge is 2.19. The van der Waals surface area contributed by atoms with Gasteiger partial charge in [-0.1, -0.05) is 37.6 Å². The first kappa shape index (κ1) is 14.1. The van der Waals surface area contributed by atoms with Gasteiger partial charge in [0.25, 0.3) is 0 Å². The molecule has 1 atom stereocenters. The van der Waals surface area contributed by atoms with Crippen molar-refractivity contribution < 1.29 is 9.90 Å². The Morgan fingerprint density at radius 2 is 2.11 bits per heavy atom. The number of aliphatic carboxylic acids is 1. The highest BCUT2D eigenvalue weighted by molar-refractivity contribution is 5.70. The van der Waals surface area contributed by atoms with Crippen LogP contribution in [0.2, 0.25) is 0 Å². The molecule has 1 saturated heterocycles. The third kappa shape index (κ3) is 4.06. The summed E-state index contributed by atoms with van der Waals surface area (Å²) in [7, 11) is 0. The van der Waals surface area contributed by atoms with Crippen molar-refractivity contribution in [1.29, 1.82) is 0 Å². The first-order valence-electron chi connectivity index (χ1n) is 7.20. The zero-order chi connectivity index (χ0) is 13.7. The molecule has 0 aromatic heterocycles. The van der Waals surface area contributed by atoms with Crippen molar-refractivity contribution >= 4 is 5.97 Å². The van der Waals surface area contributed by atoms with Gasteiger partial charge in [-0.25, -0.2) is 0 Å². The van der Waals surface area contributed by atoms with Crippen LogP contribution in [0.3, 0.4) is 0 Å². The second kappa shape index (κ2) is 6.71. The Balaban J connectivity index is 2.03. The SMILES string of the molecule is CCC1CCCN(Cc2ccccc2CC(=O)O)C1. The molecule has 1 aliphatic rings. The van der Waals surface area contributed by atoms with E-state index in [9.17, 15) is 4.79 Å². The third-order valence-electron chi connectivity index (χ3n) is 4.03. The van der Waals surface area contributed by atoms with Crippen LogP contribution in [0.1, 0.15) is 37.3 Å². The van der Waals surface area contributed by atoms with Crippen molar-refractivity contribution in [3.63, 3.8) is 0 Å². The lowest BCUT2D eigenvalue weighted by Gasteiger charge is -2.32. The Morgan fingerprint density at radius 1 is 1.37 bits per heavy atom. The van der Waals surface area contributed by atoms with Crippen LogP contribution in [0.25, 0.3) is 0 Å². The summed E-state index contributed by atoms with van der Waals surface area (Å²) in [6.07, 6.45) is 3.97. The van der Waals surface area contributed by atoms with E-state index in [1.807, 2.05) is 18.2 Å². The first-order valence-corrected chi connectivity index (χ1v) is 7.20. The van der Waals surface area contributed by atoms with Crippen LogP contribution in [-0.2, 0) is 17.8 Å². The van der Waals surface area contributed by atoms with E-state index in [2.05, 4.69) is 17.9 Å². The van der Waals surface area contributed by atoms with E-state index >= 15 is 0 Å². The number of nitrogens with zero attached hydrogens (tertiary/aromatic N) is 1. The maximum absolute atomic E-state index is 10.9. The van der Waals surface area contributed by atoms with Crippen molar-refractivity contribution in [2.24, 2.45) is 5.92 Å². The van der Waals surface area contributed by atoms with Gasteiger partial charge in [-0.15, -0.1) is 0 Å². The zero-order valence-electron chi connectivity index (χ0n) is 11.6. The zero-order valence-corrected chi connectivity index (χ0v) is 11.6. The molecule has 2 rings (SSSR count). The summed E-state index contributed by atoms with van der Waals surface area (Å²) < 4.78 is 0. The van der Waals surface area contributed by atoms with Crippen LogP contribution in [0.5, 0.6) is 0 Å². The number of carboxylic acid groups (broad SMARTS) is 1. The molecule has 104 valence electrons. The molecule has 3 nitrogen and oxygen atoms in total. The van der Waals surface area contributed by atoms with Crippen LogP contribution in [0.4, 0.5) is 0 Å². The van der Waals surface area contributed by atoms with Gasteiger partial charge >= 0.3 is 5.97 Å². The van der Waals surface area contributed by atoms with Gasteiger partial charge in [-0.3, -0.25) is 9.69 Å². The summed E-state index contributed by atoms with van der Waals surface area (Å²) in [4.78, 5) is 13.4. The highest BCUT2D eigenvalue weighted by atomic mass is 16.4. The fraction of sp³-hybridized carbons (Fsp3) is 0.562. The number of piperidine rings is 1. The second-order valence-electron chi connectivity index (χ2n) is 5.49. The molecule has 1 unspecified atom stereocenters. The van der Waals surface area contributed by atoms with Crippen molar-refractivity contribution in [3.8, 4) is 0 Å². The van der Waals surface area contributed by atoms with Gasteiger partial charge in [0, 0.05) is 13.1 Å². The third-order valence-corrected chi connectivity index (χ3v) is 4.03. The molecule has 0 saturated carbocycles. The number of hydrogen-bond acceptors (Lipinski definition) is 2. The number of benzene rings is 1. The summed E-state index contributed by atoms with van der Waals surface area (Å²) in [5, 5.41) is 8.96. The fourth-order valence-corrected chi connectivity index (χ4v) is 2.92. The highest BCUT2D eigenvalue weighted by Crippen LogP contribution is 2.22. The molecule has 0 aliphatic carbocycles. The van der Waals surface area contributed by atoms with Gasteiger partial charge in [0.2, 0.25) is 0 Å². The number of hydrogen-bond donors (Lipinski definition) is 1. The van der Waals surface area contributed by atoms with Crippen LogP contribution in [0.15, 0.2) is 24.3 Å². The van der Waals surface area contributed by atoms with Crippen LogP contribution in [0, 0.1) is 5.92 Å². The van der Waals surface area contributed by atoms with E-state index in [0.717, 1.165) is 31.1 Å². The Labute approximate surface area is 115 Å². The lowest BCUT2D eigenvalue weighted by atomic mass is 9.94. The van der Waals surface area contributed by atoms with Gasteiger partial charge in [-0.2, -0.15) is 0 Å². The Kier molecular flexibility index (Phi) is 4.97. The predicted octanol–water partition coefficient (Wildman–Crippen LogP) is 2.94. The second-order valence-corrected chi connectivity index (χ2v) is 5.49. The largest absolute Gasteiger partial charge is 0.481 e. The maximum Gasteiger partial charge on any atom is 0.307 e. The monoisotopic (exact) mass is 261 g/mol. The van der Waals surface area contributed by atoms with Gasteiger partial charge in [0.1, 0.15) is 0 Å². The quantitative estimate of drug-likeness (QED) is 0.886. The lowest BCUT2D eigenvalue weighted by molar-refractivity contribution is -0.136. The van der Waals surface area contributed by atoms with Crippen molar-refractivity contribution in [2.75, 3.05) is 13.1 Å². The van der Waals surface area contributed by atoms with E-state index in [1.54, 1.807) is 0 Å². The van der Waals surface area contributed by atoms with Crippen LogP contribution >= 0.6 is 0 Å². The molecule has 3 heteroatoms. The lowest BCUT2D eigenvalue weighted by Crippen LogP contribution is -2.34. The standard InChI is InChI=1S/C16H23NO2/c1-2-13-6-5-9-17(11-13)12-15-8-4-3-7-14(15)10-16(18)19/h3-4,7-8,13H,2,5-6,9-12H2,1H3,(H,18,19). The van der Waals surface area contributed by atoms with Crippen molar-refractivity contribution in [2.45, 2.75) is 39.2 Å². The molecule has 1 N–H and O–H groups in total. The van der Waals surface area contributed by atoms with E-state index in [4.69, 9.17) is 5.11 Å². The van der Waals surface area contributed by atoms with E-state index in [-0.39, 0.29) is 6.42 Å². The Morgan fingerprint density at radius 3 is 2.79 bits per heavy atom. The maximum atomic E-state index is 10.9. The fourth-order valence-electron chi connectivity index (χ4n) is 2.92. The summed E-state index contributed by atoms with van der Waals surface area (Å²) >= 11 is 0. The molecule has 0 bridgehead atoms. The minimum atomic E-state index is -0.752. The minimum Gasteiger partial charge on any atom is -0.481 e. The number of rotatable bonds is 5. The average molecular weight is 261 g/mol. The van der Waals surface area contributed by atoms with Crippen molar-refractivity contribution in [1.82, 2.24) is 4.90 Å². The van der Waals surface area contributed by atoms with Crippen molar-refractivity contribution in [3.05, 3.63) is 35.4 Å². The molecule has 0 spiro atoms. The van der Waals surface area contributed by atoms with Gasteiger partial charge in [-0.05, 0) is 36.4 Å². The molecule has 1 aliphatic heterocycles. The average Bonchev–Trinajstić information content (AvgIpc) is 2.41. The molecular weight excluding hydrogens is 238 g/mol. The predicted molar refractivity (Wildman–Crippen MR) is 76.1 cm³/mol. The van der Waals surface area contributed by atoms with Crippen LogP contribution in [-0.4, -0.2) is 29.1 Å². The van der Waals surface area contributed by atoms with E-state index < -0.39 is 5.97 Å². The molecule has 0 amide bonds. The summed E-state index contributed by atoms with van der Waals surface area (Å²) in [5.74, 6) is 0.0536. The molecule has 1 fully saturated rings. The molecule has 1 aromatic carbocycles. The number of carbonyl (C=O) groups is 1. The molecule has 1 heterocycles. The van der Waals surface area contributed by atoms with E-state index in [0.29, 0.717) is 0 Å². The summed E-state index contributed by atoms with van der Waals surface area (Å²) in [6, 6.07) is 7.92. The molecule has 1 aromatic rings. The Hall–Kier alpha value is -1.35. The summed E-state index contributed by atoms with van der Waals surface area (Å²) in [6.45, 7) is 5.43. The smallest absolute Gasteiger partial charge is 0.307 e. The van der Waals surface area contributed by atoms with E-state index in [1.165, 1.54) is 24.8 Å². The topological polar surface area (TPSA) is 40.5 Å². The minimum absolute atomic E-state index is 0.126. The summed E-state index contributed by atoms with van der Waals surface area (Å²) in [5.41, 5.74) is 2.12. The molecule has 19 heavy (non-hydrogen) atoms. The molecule has 0 radical (unpaired) electrons.